The molecule has 0 spiro atoms. The average molecular weight is 402 g/mol. The standard InChI is InChI=1S/C16H23N5O3S.ClH/c1-12-3-4-13(2)14(9-12)25(22,23)21-7-5-20(6-8-21)11-15-18-16(10-17)24-19-15;/h3-4,9H,5-8,10-11,17H2,1-2H3;1H. The molecule has 1 aromatic carbocycles. The van der Waals surface area contributed by atoms with Crippen LogP contribution < -0.4 is 5.73 Å². The lowest BCUT2D eigenvalue weighted by molar-refractivity contribution is 0.176. The van der Waals surface area contributed by atoms with E-state index in [0.29, 0.717) is 49.3 Å². The minimum absolute atomic E-state index is 0. The first-order valence-electron chi connectivity index (χ1n) is 8.21. The Bertz CT molecular complexity index is 847. The molecule has 0 amide bonds. The minimum atomic E-state index is -3.47. The zero-order chi connectivity index (χ0) is 18.0. The van der Waals surface area contributed by atoms with E-state index in [4.69, 9.17) is 10.3 Å². The SMILES string of the molecule is Cc1ccc(C)c(S(=O)(=O)N2CCN(Cc3noc(CN)n3)CC2)c1.Cl. The Morgan fingerprint density at radius 3 is 2.50 bits per heavy atom. The van der Waals surface area contributed by atoms with Crippen molar-refractivity contribution < 1.29 is 12.9 Å². The molecule has 0 atom stereocenters. The quantitative estimate of drug-likeness (QED) is 0.798. The van der Waals surface area contributed by atoms with E-state index in [-0.39, 0.29) is 19.0 Å². The lowest BCUT2D eigenvalue weighted by atomic mass is 10.2. The van der Waals surface area contributed by atoms with Gasteiger partial charge in [0.2, 0.25) is 15.9 Å². The highest BCUT2D eigenvalue weighted by molar-refractivity contribution is 7.89. The first-order valence-corrected chi connectivity index (χ1v) is 9.65. The maximum absolute atomic E-state index is 12.9. The Kier molecular flexibility index (Phi) is 6.75. The van der Waals surface area contributed by atoms with E-state index in [1.165, 1.54) is 0 Å². The number of halogens is 1. The highest BCUT2D eigenvalue weighted by Gasteiger charge is 2.30. The fraction of sp³-hybridized carbons (Fsp3) is 0.500. The smallest absolute Gasteiger partial charge is 0.243 e. The van der Waals surface area contributed by atoms with Crippen LogP contribution in [-0.2, 0) is 23.1 Å². The van der Waals surface area contributed by atoms with E-state index in [1.54, 1.807) is 10.4 Å². The third-order valence-corrected chi connectivity index (χ3v) is 6.38. The summed E-state index contributed by atoms with van der Waals surface area (Å²) in [4.78, 5) is 6.69. The molecule has 2 aromatic rings. The molecule has 0 bridgehead atoms. The van der Waals surface area contributed by atoms with Gasteiger partial charge in [-0.1, -0.05) is 17.3 Å². The molecule has 1 aliphatic rings. The van der Waals surface area contributed by atoms with Crippen LogP contribution in [-0.4, -0.2) is 53.9 Å². The third kappa shape index (κ3) is 4.41. The van der Waals surface area contributed by atoms with Crippen LogP contribution >= 0.6 is 12.4 Å². The molecule has 8 nitrogen and oxygen atoms in total. The molecule has 1 saturated heterocycles. The molecule has 0 saturated carbocycles. The topological polar surface area (TPSA) is 106 Å². The van der Waals surface area contributed by atoms with Gasteiger partial charge in [-0.15, -0.1) is 12.4 Å². The fourth-order valence-electron chi connectivity index (χ4n) is 2.89. The molecule has 26 heavy (non-hydrogen) atoms. The number of nitrogens with two attached hydrogens (primary N) is 1. The molecule has 1 aliphatic heterocycles. The van der Waals surface area contributed by atoms with E-state index >= 15 is 0 Å². The van der Waals surface area contributed by atoms with Gasteiger partial charge in [0.15, 0.2) is 5.82 Å². The van der Waals surface area contributed by atoms with Crippen molar-refractivity contribution >= 4 is 22.4 Å². The number of aromatic nitrogens is 2. The normalized spacial score (nSPS) is 16.4. The Morgan fingerprint density at radius 1 is 1.19 bits per heavy atom. The van der Waals surface area contributed by atoms with Crippen molar-refractivity contribution in [3.8, 4) is 0 Å². The maximum Gasteiger partial charge on any atom is 0.243 e. The molecule has 0 aliphatic carbocycles. The lowest BCUT2D eigenvalue weighted by Gasteiger charge is -2.33. The number of benzene rings is 1. The van der Waals surface area contributed by atoms with Crippen molar-refractivity contribution in [3.05, 3.63) is 41.0 Å². The average Bonchev–Trinajstić information content (AvgIpc) is 3.05. The summed E-state index contributed by atoms with van der Waals surface area (Å²) in [6.07, 6.45) is 0. The van der Waals surface area contributed by atoms with Crippen molar-refractivity contribution in [1.29, 1.82) is 0 Å². The second-order valence-corrected chi connectivity index (χ2v) is 8.16. The number of hydrogen-bond acceptors (Lipinski definition) is 7. The predicted molar refractivity (Wildman–Crippen MR) is 99.4 cm³/mol. The van der Waals surface area contributed by atoms with Gasteiger partial charge in [0, 0.05) is 26.2 Å². The molecule has 144 valence electrons. The van der Waals surface area contributed by atoms with Crippen molar-refractivity contribution in [2.75, 3.05) is 26.2 Å². The summed E-state index contributed by atoms with van der Waals surface area (Å²) in [6.45, 7) is 6.60. The molecule has 2 heterocycles. The van der Waals surface area contributed by atoms with E-state index in [0.717, 1.165) is 11.1 Å². The maximum atomic E-state index is 12.9. The van der Waals surface area contributed by atoms with Gasteiger partial charge in [0.25, 0.3) is 0 Å². The lowest BCUT2D eigenvalue weighted by Crippen LogP contribution is -2.48. The van der Waals surface area contributed by atoms with Gasteiger partial charge in [0.1, 0.15) is 0 Å². The van der Waals surface area contributed by atoms with Gasteiger partial charge in [-0.3, -0.25) is 4.90 Å². The second kappa shape index (κ2) is 8.45. The first kappa shape index (κ1) is 20.8. The van der Waals surface area contributed by atoms with Gasteiger partial charge in [0.05, 0.1) is 18.0 Å². The van der Waals surface area contributed by atoms with Crippen molar-refractivity contribution in [2.45, 2.75) is 31.8 Å². The van der Waals surface area contributed by atoms with Crippen molar-refractivity contribution in [1.82, 2.24) is 19.3 Å². The van der Waals surface area contributed by atoms with Gasteiger partial charge >= 0.3 is 0 Å². The summed E-state index contributed by atoms with van der Waals surface area (Å²) in [5.74, 6) is 0.984. The van der Waals surface area contributed by atoms with Crippen LogP contribution in [0.15, 0.2) is 27.6 Å². The van der Waals surface area contributed by atoms with Crippen molar-refractivity contribution in [2.24, 2.45) is 5.73 Å². The Labute approximate surface area is 159 Å². The molecule has 1 fully saturated rings. The zero-order valence-corrected chi connectivity index (χ0v) is 16.5. The third-order valence-electron chi connectivity index (χ3n) is 4.34. The summed E-state index contributed by atoms with van der Waals surface area (Å²) in [7, 11) is -3.47. The monoisotopic (exact) mass is 401 g/mol. The summed E-state index contributed by atoms with van der Waals surface area (Å²) >= 11 is 0. The van der Waals surface area contributed by atoms with Crippen molar-refractivity contribution in [3.63, 3.8) is 0 Å². The van der Waals surface area contributed by atoms with Gasteiger partial charge < -0.3 is 10.3 Å². The van der Waals surface area contributed by atoms with Crippen LogP contribution in [0, 0.1) is 13.8 Å². The van der Waals surface area contributed by atoms with Gasteiger partial charge in [-0.25, -0.2) is 8.42 Å². The molecule has 3 rings (SSSR count). The Balaban J connectivity index is 0.00000243. The summed E-state index contributed by atoms with van der Waals surface area (Å²) in [6, 6.07) is 5.52. The number of hydrogen-bond donors (Lipinski definition) is 1. The van der Waals surface area contributed by atoms with E-state index in [2.05, 4.69) is 15.0 Å². The summed E-state index contributed by atoms with van der Waals surface area (Å²) in [5.41, 5.74) is 7.17. The Morgan fingerprint density at radius 2 is 1.88 bits per heavy atom. The van der Waals surface area contributed by atoms with Crippen LogP contribution in [0.2, 0.25) is 0 Å². The number of piperazine rings is 1. The highest BCUT2D eigenvalue weighted by atomic mass is 35.5. The number of aryl methyl sites for hydroxylation is 2. The van der Waals surface area contributed by atoms with Crippen LogP contribution in [0.25, 0.3) is 0 Å². The molecule has 1 aromatic heterocycles. The highest BCUT2D eigenvalue weighted by Crippen LogP contribution is 2.22. The zero-order valence-electron chi connectivity index (χ0n) is 14.9. The van der Waals surface area contributed by atoms with E-state index in [1.807, 2.05) is 26.0 Å². The van der Waals surface area contributed by atoms with E-state index in [9.17, 15) is 8.42 Å². The minimum Gasteiger partial charge on any atom is -0.338 e. The molecule has 0 radical (unpaired) electrons. The van der Waals surface area contributed by atoms with Crippen LogP contribution in [0.5, 0.6) is 0 Å². The second-order valence-electron chi connectivity index (χ2n) is 6.26. The predicted octanol–water partition coefficient (Wildman–Crippen LogP) is 1.07. The van der Waals surface area contributed by atoms with Crippen LogP contribution in [0.1, 0.15) is 22.8 Å². The van der Waals surface area contributed by atoms with Crippen LogP contribution in [0.3, 0.4) is 0 Å². The number of rotatable bonds is 5. The molecular weight excluding hydrogens is 378 g/mol. The summed E-state index contributed by atoms with van der Waals surface area (Å²) < 4.78 is 32.4. The van der Waals surface area contributed by atoms with Gasteiger partial charge in [-0.05, 0) is 31.0 Å². The fourth-order valence-corrected chi connectivity index (χ4v) is 4.62. The van der Waals surface area contributed by atoms with Gasteiger partial charge in [-0.2, -0.15) is 9.29 Å². The number of nitrogens with zero attached hydrogens (tertiary/aromatic N) is 4. The molecule has 2 N–H and O–H groups in total. The van der Waals surface area contributed by atoms with E-state index < -0.39 is 10.0 Å². The van der Waals surface area contributed by atoms with Crippen LogP contribution in [0.4, 0.5) is 0 Å². The molecular formula is C16H24ClN5O3S. The first-order chi connectivity index (χ1) is 11.9. The molecule has 10 heteroatoms. The summed E-state index contributed by atoms with van der Waals surface area (Å²) in [5, 5.41) is 3.88. The number of sulfonamides is 1. The largest absolute Gasteiger partial charge is 0.338 e. The molecule has 0 unspecified atom stereocenters. The Hall–Kier alpha value is -1.52.